The van der Waals surface area contributed by atoms with Crippen LogP contribution >= 0.6 is 11.8 Å². The van der Waals surface area contributed by atoms with Crippen molar-refractivity contribution < 1.29 is 9.59 Å². The number of carbonyl (C=O) groups excluding carboxylic acids is 2. The second-order valence-corrected chi connectivity index (χ2v) is 8.30. The molecule has 6 heteroatoms. The highest BCUT2D eigenvalue weighted by Gasteiger charge is 2.31. The number of hydrogen-bond donors (Lipinski definition) is 3. The highest BCUT2D eigenvalue weighted by atomic mass is 32.2. The van der Waals surface area contributed by atoms with Crippen molar-refractivity contribution >= 4 is 29.4 Å². The zero-order valence-electron chi connectivity index (χ0n) is 15.2. The fourth-order valence-corrected chi connectivity index (χ4v) is 4.29. The average molecular weight is 364 g/mol. The first-order valence-electron chi connectivity index (χ1n) is 8.94. The molecule has 2 rings (SSSR count). The fraction of sp³-hybridized carbons (Fsp3) is 0.579. The molecule has 0 saturated heterocycles. The summed E-state index contributed by atoms with van der Waals surface area (Å²) >= 11 is 1.33. The highest BCUT2D eigenvalue weighted by molar-refractivity contribution is 8.00. The van der Waals surface area contributed by atoms with Crippen LogP contribution < -0.4 is 16.4 Å². The van der Waals surface area contributed by atoms with Gasteiger partial charge in [-0.05, 0) is 42.7 Å². The molecule has 0 radical (unpaired) electrons. The Morgan fingerprint density at radius 2 is 2.00 bits per heavy atom. The van der Waals surface area contributed by atoms with Gasteiger partial charge >= 0.3 is 6.03 Å². The summed E-state index contributed by atoms with van der Waals surface area (Å²) in [5, 5.41) is 6.10. The van der Waals surface area contributed by atoms with Gasteiger partial charge in [-0.15, -0.1) is 11.8 Å². The lowest BCUT2D eigenvalue weighted by atomic mass is 9.74. The van der Waals surface area contributed by atoms with E-state index in [0.29, 0.717) is 23.4 Å². The molecule has 1 saturated carbocycles. The summed E-state index contributed by atoms with van der Waals surface area (Å²) < 4.78 is 0. The second kappa shape index (κ2) is 9.13. The van der Waals surface area contributed by atoms with Crippen LogP contribution in [0.3, 0.4) is 0 Å². The van der Waals surface area contributed by atoms with Gasteiger partial charge in [-0.25, -0.2) is 4.79 Å². The summed E-state index contributed by atoms with van der Waals surface area (Å²) in [6.45, 7) is 6.70. The monoisotopic (exact) mass is 363 g/mol. The Hall–Kier alpha value is -1.69. The molecule has 5 nitrogen and oxygen atoms in total. The molecule has 25 heavy (non-hydrogen) atoms. The average Bonchev–Trinajstić information content (AvgIpc) is 2.53. The molecule has 0 aliphatic heterocycles. The molecule has 138 valence electrons. The minimum Gasteiger partial charge on any atom is -0.369 e. The van der Waals surface area contributed by atoms with E-state index in [9.17, 15) is 9.59 Å². The van der Waals surface area contributed by atoms with E-state index in [0.717, 1.165) is 17.7 Å². The number of thioether (sulfide) groups is 1. The Morgan fingerprint density at radius 1 is 1.28 bits per heavy atom. The molecule has 1 aliphatic rings. The molecule has 0 bridgehead atoms. The van der Waals surface area contributed by atoms with Gasteiger partial charge in [0.2, 0.25) is 5.91 Å². The molecular formula is C19H29N3O2S. The van der Waals surface area contributed by atoms with Crippen molar-refractivity contribution in [3.63, 3.8) is 0 Å². The minimum atomic E-state index is -0.375. The van der Waals surface area contributed by atoms with Crippen molar-refractivity contribution in [2.24, 2.45) is 23.5 Å². The third-order valence-electron chi connectivity index (χ3n) is 4.84. The largest absolute Gasteiger partial charge is 0.369 e. The number of rotatable bonds is 6. The Balaban J connectivity index is 2.00. The molecule has 0 heterocycles. The van der Waals surface area contributed by atoms with Crippen LogP contribution in [0.5, 0.6) is 0 Å². The van der Waals surface area contributed by atoms with Crippen LogP contribution in [0.4, 0.5) is 10.5 Å². The third kappa shape index (κ3) is 5.96. The van der Waals surface area contributed by atoms with Crippen LogP contribution in [0, 0.1) is 17.8 Å². The number of benzene rings is 1. The van der Waals surface area contributed by atoms with Crippen LogP contribution in [0.2, 0.25) is 0 Å². The van der Waals surface area contributed by atoms with Gasteiger partial charge in [0.15, 0.2) is 0 Å². The van der Waals surface area contributed by atoms with Gasteiger partial charge in [-0.1, -0.05) is 39.3 Å². The lowest BCUT2D eigenvalue weighted by Crippen LogP contribution is -2.47. The van der Waals surface area contributed by atoms with Crippen molar-refractivity contribution in [2.45, 2.75) is 51.0 Å². The SMILES string of the molecule is CC(C)[C@H]1CC[C@@H](C)C[C@@H]1NC(=O)Nc1ccccc1SCC(N)=O. The Labute approximate surface area is 154 Å². The van der Waals surface area contributed by atoms with Gasteiger partial charge < -0.3 is 16.4 Å². The first-order chi connectivity index (χ1) is 11.9. The number of carbonyl (C=O) groups is 2. The topological polar surface area (TPSA) is 84.2 Å². The summed E-state index contributed by atoms with van der Waals surface area (Å²) in [6, 6.07) is 7.48. The predicted molar refractivity (Wildman–Crippen MR) is 104 cm³/mol. The number of nitrogens with two attached hydrogens (primary N) is 1. The van der Waals surface area contributed by atoms with E-state index in [1.807, 2.05) is 24.3 Å². The van der Waals surface area contributed by atoms with Crippen molar-refractivity contribution in [1.29, 1.82) is 0 Å². The predicted octanol–water partition coefficient (Wildman–Crippen LogP) is 3.85. The zero-order valence-corrected chi connectivity index (χ0v) is 16.1. The Bertz CT molecular complexity index is 606. The van der Waals surface area contributed by atoms with Gasteiger partial charge in [-0.2, -0.15) is 0 Å². The summed E-state index contributed by atoms with van der Waals surface area (Å²) in [4.78, 5) is 24.4. The summed E-state index contributed by atoms with van der Waals surface area (Å²) in [6.07, 6.45) is 3.42. The van der Waals surface area contributed by atoms with Crippen LogP contribution in [-0.2, 0) is 4.79 Å². The summed E-state index contributed by atoms with van der Waals surface area (Å²) in [5.41, 5.74) is 5.92. The zero-order chi connectivity index (χ0) is 18.4. The van der Waals surface area contributed by atoms with Crippen molar-refractivity contribution in [3.8, 4) is 0 Å². The quantitative estimate of drug-likeness (QED) is 0.671. The van der Waals surface area contributed by atoms with Crippen LogP contribution in [0.1, 0.15) is 40.0 Å². The molecule has 3 atom stereocenters. The van der Waals surface area contributed by atoms with E-state index in [4.69, 9.17) is 5.73 Å². The number of amides is 3. The third-order valence-corrected chi connectivity index (χ3v) is 5.94. The smallest absolute Gasteiger partial charge is 0.319 e. The maximum absolute atomic E-state index is 12.5. The van der Waals surface area contributed by atoms with E-state index >= 15 is 0 Å². The van der Waals surface area contributed by atoms with Gasteiger partial charge in [-0.3, -0.25) is 4.79 Å². The van der Waals surface area contributed by atoms with E-state index in [-0.39, 0.29) is 23.7 Å². The van der Waals surface area contributed by atoms with Crippen molar-refractivity contribution in [1.82, 2.24) is 5.32 Å². The first kappa shape index (κ1) is 19.6. The molecule has 1 aromatic rings. The minimum absolute atomic E-state index is 0.183. The standard InChI is InChI=1S/C19H29N3O2S/c1-12(2)14-9-8-13(3)10-16(14)22-19(24)21-15-6-4-5-7-17(15)25-11-18(20)23/h4-7,12-14,16H,8-11H2,1-3H3,(H2,20,23)(H2,21,22,24)/t13-,14-,16+/m1/s1. The van der Waals surface area contributed by atoms with Crippen molar-refractivity contribution in [2.75, 3.05) is 11.1 Å². The maximum Gasteiger partial charge on any atom is 0.319 e. The van der Waals surface area contributed by atoms with E-state index < -0.39 is 0 Å². The number of urea groups is 1. The van der Waals surface area contributed by atoms with Crippen molar-refractivity contribution in [3.05, 3.63) is 24.3 Å². The molecule has 4 N–H and O–H groups in total. The van der Waals surface area contributed by atoms with Crippen LogP contribution in [-0.4, -0.2) is 23.7 Å². The Kier molecular flexibility index (Phi) is 7.17. The normalized spacial score (nSPS) is 23.3. The molecule has 0 spiro atoms. The Morgan fingerprint density at radius 3 is 2.68 bits per heavy atom. The molecule has 1 aromatic carbocycles. The van der Waals surface area contributed by atoms with Gasteiger partial charge in [0, 0.05) is 10.9 Å². The highest BCUT2D eigenvalue weighted by Crippen LogP contribution is 2.33. The van der Waals surface area contributed by atoms with Gasteiger partial charge in [0.25, 0.3) is 0 Å². The number of anilines is 1. The summed E-state index contributed by atoms with van der Waals surface area (Å²) in [5.74, 6) is 1.52. The summed E-state index contributed by atoms with van der Waals surface area (Å²) in [7, 11) is 0. The number of primary amides is 1. The molecule has 0 unspecified atom stereocenters. The molecule has 0 aromatic heterocycles. The maximum atomic E-state index is 12.5. The van der Waals surface area contributed by atoms with E-state index in [1.54, 1.807) is 0 Å². The van der Waals surface area contributed by atoms with E-state index in [1.165, 1.54) is 18.2 Å². The van der Waals surface area contributed by atoms with Crippen LogP contribution in [0.15, 0.2) is 29.2 Å². The lowest BCUT2D eigenvalue weighted by Gasteiger charge is -2.37. The molecule has 1 aliphatic carbocycles. The number of hydrogen-bond acceptors (Lipinski definition) is 3. The molecule has 1 fully saturated rings. The van der Waals surface area contributed by atoms with Gasteiger partial charge in [0.05, 0.1) is 11.4 Å². The number of para-hydroxylation sites is 1. The van der Waals surface area contributed by atoms with Gasteiger partial charge in [0.1, 0.15) is 0 Å². The molecule has 3 amide bonds. The second-order valence-electron chi connectivity index (χ2n) is 7.28. The fourth-order valence-electron chi connectivity index (χ4n) is 3.54. The molecular weight excluding hydrogens is 334 g/mol. The number of nitrogens with one attached hydrogen (secondary N) is 2. The lowest BCUT2D eigenvalue weighted by molar-refractivity contribution is -0.115. The van der Waals surface area contributed by atoms with E-state index in [2.05, 4.69) is 31.4 Å². The van der Waals surface area contributed by atoms with Crippen LogP contribution in [0.25, 0.3) is 0 Å². The first-order valence-corrected chi connectivity index (χ1v) is 9.93.